The minimum absolute atomic E-state index is 0.0734. The average molecular weight is 391 g/mol. The van der Waals surface area contributed by atoms with E-state index < -0.39 is 0 Å². The van der Waals surface area contributed by atoms with Gasteiger partial charge < -0.3 is 15.4 Å². The molecule has 0 spiro atoms. The summed E-state index contributed by atoms with van der Waals surface area (Å²) in [5.74, 6) is 0.570. The van der Waals surface area contributed by atoms with Crippen molar-refractivity contribution >= 4 is 17.3 Å². The van der Waals surface area contributed by atoms with Gasteiger partial charge in [-0.25, -0.2) is 9.37 Å². The van der Waals surface area contributed by atoms with Crippen molar-refractivity contribution < 1.29 is 9.13 Å². The molecule has 1 aliphatic rings. The Bertz CT molecular complexity index is 754. The molecule has 0 unspecified atom stereocenters. The highest BCUT2D eigenvalue weighted by Crippen LogP contribution is 2.34. The van der Waals surface area contributed by atoms with Crippen LogP contribution in [0.5, 0.6) is 0 Å². The second kappa shape index (κ2) is 9.28. The Morgan fingerprint density at radius 2 is 2.00 bits per heavy atom. The van der Waals surface area contributed by atoms with Gasteiger partial charge in [0.05, 0.1) is 5.01 Å². The predicted molar refractivity (Wildman–Crippen MR) is 108 cm³/mol. The van der Waals surface area contributed by atoms with E-state index in [0.717, 1.165) is 48.9 Å². The van der Waals surface area contributed by atoms with E-state index >= 15 is 0 Å². The van der Waals surface area contributed by atoms with Crippen LogP contribution in [0.2, 0.25) is 0 Å². The molecular formula is C20H27FN4OS. The smallest absolute Gasteiger partial charge is 0.191 e. The SMILES string of the molecule is CN=C(NCCc1ncc(C)s1)NCC1(c2ccc(F)cc2)CCOCC1. The van der Waals surface area contributed by atoms with Crippen molar-refractivity contribution in [2.75, 3.05) is 33.4 Å². The van der Waals surface area contributed by atoms with Crippen molar-refractivity contribution in [3.8, 4) is 0 Å². The monoisotopic (exact) mass is 390 g/mol. The van der Waals surface area contributed by atoms with Gasteiger partial charge in [0.25, 0.3) is 0 Å². The summed E-state index contributed by atoms with van der Waals surface area (Å²) in [6, 6.07) is 6.86. The number of guanidine groups is 1. The first-order chi connectivity index (χ1) is 13.1. The molecule has 27 heavy (non-hydrogen) atoms. The van der Waals surface area contributed by atoms with Crippen LogP contribution in [0.25, 0.3) is 0 Å². The largest absolute Gasteiger partial charge is 0.381 e. The maximum absolute atomic E-state index is 13.4. The summed E-state index contributed by atoms with van der Waals surface area (Å²) in [5, 5.41) is 7.94. The molecule has 1 aromatic carbocycles. The van der Waals surface area contributed by atoms with Crippen molar-refractivity contribution in [3.05, 3.63) is 51.7 Å². The zero-order valence-electron chi connectivity index (χ0n) is 15.9. The maximum Gasteiger partial charge on any atom is 0.191 e. The minimum Gasteiger partial charge on any atom is -0.381 e. The summed E-state index contributed by atoms with van der Waals surface area (Å²) >= 11 is 1.72. The Morgan fingerprint density at radius 1 is 1.26 bits per heavy atom. The zero-order valence-corrected chi connectivity index (χ0v) is 16.7. The second-order valence-electron chi connectivity index (χ2n) is 6.87. The molecule has 0 radical (unpaired) electrons. The first-order valence-corrected chi connectivity index (χ1v) is 10.1. The highest BCUT2D eigenvalue weighted by molar-refractivity contribution is 7.11. The Labute approximate surface area is 164 Å². The van der Waals surface area contributed by atoms with Gasteiger partial charge in [-0.3, -0.25) is 4.99 Å². The maximum atomic E-state index is 13.4. The third-order valence-electron chi connectivity index (χ3n) is 5.02. The topological polar surface area (TPSA) is 58.5 Å². The molecule has 2 N–H and O–H groups in total. The third kappa shape index (κ3) is 5.26. The lowest BCUT2D eigenvalue weighted by atomic mass is 9.74. The van der Waals surface area contributed by atoms with Gasteiger partial charge >= 0.3 is 0 Å². The fraction of sp³-hybridized carbons (Fsp3) is 0.500. The molecule has 0 aliphatic carbocycles. The number of nitrogens with one attached hydrogen (secondary N) is 2. The number of nitrogens with zero attached hydrogens (tertiary/aromatic N) is 2. The first kappa shape index (κ1) is 19.8. The van der Waals surface area contributed by atoms with Gasteiger partial charge in [-0.1, -0.05) is 12.1 Å². The van der Waals surface area contributed by atoms with Crippen LogP contribution in [-0.4, -0.2) is 44.3 Å². The molecule has 1 aromatic heterocycles. The highest BCUT2D eigenvalue weighted by atomic mass is 32.1. The molecule has 1 saturated heterocycles. The summed E-state index contributed by atoms with van der Waals surface area (Å²) in [6.07, 6.45) is 4.59. The minimum atomic E-state index is -0.205. The van der Waals surface area contributed by atoms with E-state index in [1.54, 1.807) is 18.4 Å². The molecular weight excluding hydrogens is 363 g/mol. The highest BCUT2D eigenvalue weighted by Gasteiger charge is 2.34. The van der Waals surface area contributed by atoms with Crippen LogP contribution in [0.15, 0.2) is 35.5 Å². The van der Waals surface area contributed by atoms with E-state index in [1.165, 1.54) is 17.0 Å². The van der Waals surface area contributed by atoms with Crippen LogP contribution in [0, 0.1) is 12.7 Å². The molecule has 0 atom stereocenters. The zero-order chi connectivity index (χ0) is 19.1. The summed E-state index contributed by atoms with van der Waals surface area (Å²) in [5.41, 5.74) is 1.07. The van der Waals surface area contributed by atoms with Crippen LogP contribution in [0.1, 0.15) is 28.3 Å². The van der Waals surface area contributed by atoms with Gasteiger partial charge in [0.15, 0.2) is 5.96 Å². The molecule has 146 valence electrons. The number of benzene rings is 1. The summed E-state index contributed by atoms with van der Waals surface area (Å²) in [6.45, 7) is 5.01. The van der Waals surface area contributed by atoms with Crippen molar-refractivity contribution in [1.29, 1.82) is 0 Å². The number of hydrogen-bond donors (Lipinski definition) is 2. The van der Waals surface area contributed by atoms with Gasteiger partial charge in [-0.15, -0.1) is 11.3 Å². The van der Waals surface area contributed by atoms with Crippen LogP contribution in [-0.2, 0) is 16.6 Å². The molecule has 0 amide bonds. The van der Waals surface area contributed by atoms with Gasteiger partial charge in [-0.05, 0) is 37.5 Å². The molecule has 1 aliphatic heterocycles. The van der Waals surface area contributed by atoms with Crippen molar-refractivity contribution in [1.82, 2.24) is 15.6 Å². The van der Waals surface area contributed by atoms with E-state index in [4.69, 9.17) is 4.74 Å². The lowest BCUT2D eigenvalue weighted by Crippen LogP contribution is -2.48. The quantitative estimate of drug-likeness (QED) is 0.588. The lowest BCUT2D eigenvalue weighted by Gasteiger charge is -2.38. The van der Waals surface area contributed by atoms with Gasteiger partial charge in [0.1, 0.15) is 5.82 Å². The van der Waals surface area contributed by atoms with Crippen LogP contribution in [0.4, 0.5) is 4.39 Å². The molecule has 5 nitrogen and oxygen atoms in total. The summed E-state index contributed by atoms with van der Waals surface area (Å²) in [4.78, 5) is 9.95. The molecule has 3 rings (SSSR count). The van der Waals surface area contributed by atoms with Crippen LogP contribution < -0.4 is 10.6 Å². The normalized spacial score (nSPS) is 16.9. The Kier molecular flexibility index (Phi) is 6.79. The number of hydrogen-bond acceptors (Lipinski definition) is 4. The van der Waals surface area contributed by atoms with E-state index in [9.17, 15) is 4.39 Å². The van der Waals surface area contributed by atoms with Gasteiger partial charge in [-0.2, -0.15) is 0 Å². The Morgan fingerprint density at radius 3 is 2.63 bits per heavy atom. The fourth-order valence-corrected chi connectivity index (χ4v) is 4.20. The molecule has 2 heterocycles. The number of halogens is 1. The molecule has 2 aromatic rings. The number of aliphatic imine (C=N–C) groups is 1. The molecule has 0 bridgehead atoms. The van der Waals surface area contributed by atoms with E-state index in [1.807, 2.05) is 18.3 Å². The van der Waals surface area contributed by atoms with Crippen LogP contribution >= 0.6 is 11.3 Å². The van der Waals surface area contributed by atoms with Crippen molar-refractivity contribution in [3.63, 3.8) is 0 Å². The summed E-state index contributed by atoms with van der Waals surface area (Å²) in [7, 11) is 1.78. The standard InChI is InChI=1S/C20H27FN4OS/c1-15-13-24-18(27-15)7-10-23-19(22-2)25-14-20(8-11-26-12-9-20)16-3-5-17(21)6-4-16/h3-6,13H,7-12,14H2,1-2H3,(H2,22,23,25). The predicted octanol–water partition coefficient (Wildman–Crippen LogP) is 3.05. The number of aromatic nitrogens is 1. The average Bonchev–Trinajstić information content (AvgIpc) is 3.11. The Balaban J connectivity index is 1.59. The van der Waals surface area contributed by atoms with Crippen molar-refractivity contribution in [2.45, 2.75) is 31.6 Å². The molecule has 0 saturated carbocycles. The van der Waals surface area contributed by atoms with Gasteiger partial charge in [0.2, 0.25) is 0 Å². The van der Waals surface area contributed by atoms with Crippen LogP contribution in [0.3, 0.4) is 0 Å². The summed E-state index contributed by atoms with van der Waals surface area (Å²) < 4.78 is 18.9. The molecule has 1 fully saturated rings. The first-order valence-electron chi connectivity index (χ1n) is 9.31. The van der Waals surface area contributed by atoms with Gasteiger partial charge in [0, 0.05) is 56.3 Å². The number of rotatable bonds is 6. The number of aryl methyl sites for hydroxylation is 1. The molecule has 7 heteroatoms. The number of thiazole rings is 1. The lowest BCUT2D eigenvalue weighted by molar-refractivity contribution is 0.0513. The second-order valence-corrected chi connectivity index (χ2v) is 8.19. The fourth-order valence-electron chi connectivity index (χ4n) is 3.41. The van der Waals surface area contributed by atoms with E-state index in [2.05, 4.69) is 27.5 Å². The van der Waals surface area contributed by atoms with Crippen molar-refractivity contribution in [2.24, 2.45) is 4.99 Å². The van der Waals surface area contributed by atoms with E-state index in [-0.39, 0.29) is 11.2 Å². The number of ether oxygens (including phenoxy) is 1. The van der Waals surface area contributed by atoms with E-state index in [0.29, 0.717) is 13.2 Å². The Hall–Kier alpha value is -1.99. The third-order valence-corrected chi connectivity index (χ3v) is 6.00.